The molecule has 2 rings (SSSR count). The van der Waals surface area contributed by atoms with Crippen molar-refractivity contribution in [3.63, 3.8) is 0 Å². The van der Waals surface area contributed by atoms with Crippen molar-refractivity contribution in [3.8, 4) is 0 Å². The van der Waals surface area contributed by atoms with Crippen LogP contribution in [0.2, 0.25) is 0 Å². The lowest BCUT2D eigenvalue weighted by Crippen LogP contribution is -2.54. The van der Waals surface area contributed by atoms with Gasteiger partial charge in [-0.1, -0.05) is 0 Å². The Hall–Kier alpha value is -0.500. The van der Waals surface area contributed by atoms with Gasteiger partial charge in [0, 0.05) is 51.1 Å². The number of nitrogens with zero attached hydrogens (tertiary/aromatic N) is 4. The van der Waals surface area contributed by atoms with Crippen LogP contribution in [-0.2, 0) is 21.2 Å². The van der Waals surface area contributed by atoms with Gasteiger partial charge in [-0.2, -0.15) is 4.31 Å². The Morgan fingerprint density at radius 2 is 1.93 bits per heavy atom. The molecule has 0 aromatic carbocycles. The minimum atomic E-state index is -3.27. The number of halogens is 1. The summed E-state index contributed by atoms with van der Waals surface area (Å²) in [7, 11) is -1.51. The highest BCUT2D eigenvalue weighted by atomic mass is 127. The Balaban J connectivity index is 0.00000420. The number of aromatic nitrogens is 1. The van der Waals surface area contributed by atoms with Crippen molar-refractivity contribution < 1.29 is 13.2 Å². The van der Waals surface area contributed by atoms with Gasteiger partial charge in [0.2, 0.25) is 10.0 Å². The SMILES string of the molecule is CN=C(NCCc1sc(C)nc1C)N1CCN(S(=O)(=O)CCOC(C)C)CC1.I. The highest BCUT2D eigenvalue weighted by Gasteiger charge is 2.28. The van der Waals surface area contributed by atoms with E-state index in [1.165, 1.54) is 4.88 Å². The minimum absolute atomic E-state index is 0. The van der Waals surface area contributed by atoms with Crippen LogP contribution in [0.5, 0.6) is 0 Å². The number of guanidine groups is 1. The summed E-state index contributed by atoms with van der Waals surface area (Å²) in [6, 6.07) is 0. The van der Waals surface area contributed by atoms with E-state index in [0.717, 1.165) is 29.6 Å². The molecule has 1 N–H and O–H groups in total. The fraction of sp³-hybridized carbons (Fsp3) is 0.778. The van der Waals surface area contributed by atoms with Crippen LogP contribution in [0.3, 0.4) is 0 Å². The maximum Gasteiger partial charge on any atom is 0.216 e. The predicted octanol–water partition coefficient (Wildman–Crippen LogP) is 1.87. The molecular formula is C18H34IN5O3S2. The summed E-state index contributed by atoms with van der Waals surface area (Å²) in [6.45, 7) is 11.1. The molecule has 0 spiro atoms. The average molecular weight is 560 g/mol. The number of aryl methyl sites for hydroxylation is 2. The number of rotatable bonds is 8. The molecule has 0 saturated carbocycles. The Morgan fingerprint density at radius 3 is 2.45 bits per heavy atom. The normalized spacial score (nSPS) is 16.2. The number of aliphatic imine (C=N–C) groups is 1. The van der Waals surface area contributed by atoms with E-state index in [4.69, 9.17) is 4.74 Å². The van der Waals surface area contributed by atoms with Gasteiger partial charge in [-0.05, 0) is 27.7 Å². The average Bonchev–Trinajstić information content (AvgIpc) is 2.95. The third-order valence-corrected chi connectivity index (χ3v) is 7.54. The maximum atomic E-state index is 12.5. The van der Waals surface area contributed by atoms with E-state index in [2.05, 4.69) is 20.2 Å². The highest BCUT2D eigenvalue weighted by Crippen LogP contribution is 2.17. The van der Waals surface area contributed by atoms with Gasteiger partial charge in [-0.15, -0.1) is 35.3 Å². The molecule has 0 radical (unpaired) electrons. The molecule has 1 aliphatic heterocycles. The van der Waals surface area contributed by atoms with Crippen LogP contribution >= 0.6 is 35.3 Å². The molecule has 1 saturated heterocycles. The Kier molecular flexibility index (Phi) is 11.3. The second kappa shape index (κ2) is 12.4. The fourth-order valence-corrected chi connectivity index (χ4v) is 5.34. The van der Waals surface area contributed by atoms with Crippen LogP contribution < -0.4 is 5.32 Å². The van der Waals surface area contributed by atoms with Gasteiger partial charge in [-0.3, -0.25) is 4.99 Å². The van der Waals surface area contributed by atoms with Gasteiger partial charge in [-0.25, -0.2) is 13.4 Å². The monoisotopic (exact) mass is 559 g/mol. The van der Waals surface area contributed by atoms with E-state index in [1.54, 1.807) is 22.7 Å². The molecule has 0 aliphatic carbocycles. The third kappa shape index (κ3) is 8.27. The predicted molar refractivity (Wildman–Crippen MR) is 130 cm³/mol. The van der Waals surface area contributed by atoms with E-state index < -0.39 is 10.0 Å². The van der Waals surface area contributed by atoms with Crippen molar-refractivity contribution in [3.05, 3.63) is 15.6 Å². The lowest BCUT2D eigenvalue weighted by Gasteiger charge is -2.35. The van der Waals surface area contributed by atoms with E-state index >= 15 is 0 Å². The number of sulfonamides is 1. The van der Waals surface area contributed by atoms with Crippen LogP contribution in [0.4, 0.5) is 0 Å². The van der Waals surface area contributed by atoms with Gasteiger partial charge in [0.05, 0.1) is 29.2 Å². The first-order valence-corrected chi connectivity index (χ1v) is 12.1. The van der Waals surface area contributed by atoms with Crippen LogP contribution in [0.15, 0.2) is 4.99 Å². The topological polar surface area (TPSA) is 87.1 Å². The minimum Gasteiger partial charge on any atom is -0.378 e. The van der Waals surface area contributed by atoms with Gasteiger partial charge >= 0.3 is 0 Å². The van der Waals surface area contributed by atoms with E-state index in [0.29, 0.717) is 26.2 Å². The zero-order valence-corrected chi connectivity index (χ0v) is 21.9. The maximum absolute atomic E-state index is 12.5. The second-order valence-corrected chi connectivity index (χ2v) is 10.5. The van der Waals surface area contributed by atoms with Crippen molar-refractivity contribution in [2.24, 2.45) is 4.99 Å². The van der Waals surface area contributed by atoms with E-state index in [1.807, 2.05) is 27.7 Å². The molecular weight excluding hydrogens is 525 g/mol. The first kappa shape index (κ1) is 26.5. The second-order valence-electron chi connectivity index (χ2n) is 7.09. The largest absolute Gasteiger partial charge is 0.378 e. The number of ether oxygens (including phenoxy) is 1. The number of hydrogen-bond acceptors (Lipinski definition) is 6. The van der Waals surface area contributed by atoms with Crippen LogP contribution in [-0.4, -0.2) is 86.8 Å². The first-order chi connectivity index (χ1) is 13.2. The van der Waals surface area contributed by atoms with Crippen LogP contribution in [0, 0.1) is 13.8 Å². The van der Waals surface area contributed by atoms with E-state index in [-0.39, 0.29) is 42.4 Å². The lowest BCUT2D eigenvalue weighted by atomic mass is 10.3. The fourth-order valence-electron chi connectivity index (χ4n) is 3.12. The number of hydrogen-bond donors (Lipinski definition) is 1. The summed E-state index contributed by atoms with van der Waals surface area (Å²) < 4.78 is 31.9. The first-order valence-electron chi connectivity index (χ1n) is 9.71. The molecule has 1 aromatic heterocycles. The lowest BCUT2D eigenvalue weighted by molar-refractivity contribution is 0.0904. The molecule has 8 nitrogen and oxygen atoms in total. The van der Waals surface area contributed by atoms with Gasteiger partial charge in [0.25, 0.3) is 0 Å². The summed E-state index contributed by atoms with van der Waals surface area (Å²) in [5.74, 6) is 0.852. The summed E-state index contributed by atoms with van der Waals surface area (Å²) >= 11 is 1.73. The van der Waals surface area contributed by atoms with E-state index in [9.17, 15) is 8.42 Å². The molecule has 11 heteroatoms. The van der Waals surface area contributed by atoms with Crippen molar-refractivity contribution in [1.82, 2.24) is 19.5 Å². The van der Waals surface area contributed by atoms with Crippen molar-refractivity contribution in [2.75, 3.05) is 52.1 Å². The van der Waals surface area contributed by atoms with Crippen LogP contribution in [0.25, 0.3) is 0 Å². The Bertz CT molecular complexity index is 760. The van der Waals surface area contributed by atoms with Crippen molar-refractivity contribution in [2.45, 2.75) is 40.2 Å². The molecule has 1 aliphatic rings. The van der Waals surface area contributed by atoms with Crippen LogP contribution in [0.1, 0.15) is 29.4 Å². The smallest absolute Gasteiger partial charge is 0.216 e. The molecule has 0 atom stereocenters. The molecule has 0 unspecified atom stereocenters. The molecule has 1 fully saturated rings. The zero-order chi connectivity index (χ0) is 20.7. The number of nitrogens with one attached hydrogen (secondary N) is 1. The van der Waals surface area contributed by atoms with Gasteiger partial charge < -0.3 is 15.0 Å². The molecule has 1 aromatic rings. The molecule has 0 bridgehead atoms. The quantitative estimate of drug-likeness (QED) is 0.298. The summed E-state index contributed by atoms with van der Waals surface area (Å²) in [5.41, 5.74) is 1.10. The molecule has 2 heterocycles. The third-order valence-electron chi connectivity index (χ3n) is 4.57. The number of thiazole rings is 1. The summed E-state index contributed by atoms with van der Waals surface area (Å²) in [6.07, 6.45) is 0.944. The number of piperazine rings is 1. The Morgan fingerprint density at radius 1 is 1.28 bits per heavy atom. The Labute approximate surface area is 196 Å². The standard InChI is InChI=1S/C18H33N5O3S2.HI/c1-14(2)26-12-13-28(24,25)23-10-8-22(9-11-23)18(19-5)20-7-6-17-15(3)21-16(4)27-17;/h14H,6-13H2,1-5H3,(H,19,20);1H. The summed E-state index contributed by atoms with van der Waals surface area (Å²) in [5, 5.41) is 4.48. The van der Waals surface area contributed by atoms with Crippen molar-refractivity contribution in [1.29, 1.82) is 0 Å². The molecule has 168 valence electrons. The van der Waals surface area contributed by atoms with Gasteiger partial charge in [0.1, 0.15) is 0 Å². The molecule has 0 amide bonds. The highest BCUT2D eigenvalue weighted by molar-refractivity contribution is 14.0. The molecule has 29 heavy (non-hydrogen) atoms. The summed E-state index contributed by atoms with van der Waals surface area (Å²) in [4.78, 5) is 12.2. The van der Waals surface area contributed by atoms with Crippen molar-refractivity contribution >= 4 is 51.3 Å². The van der Waals surface area contributed by atoms with Gasteiger partial charge in [0.15, 0.2) is 5.96 Å². The zero-order valence-electron chi connectivity index (χ0n) is 18.0.